The smallest absolute Gasteiger partial charge is 0.0544 e. The highest BCUT2D eigenvalue weighted by Crippen LogP contribution is 2.56. The minimum Gasteiger partial charge on any atom is -0.309 e. The van der Waals surface area contributed by atoms with Crippen LogP contribution in [0.25, 0.3) is 38.3 Å². The van der Waals surface area contributed by atoms with Crippen LogP contribution in [0.4, 0.5) is 0 Å². The van der Waals surface area contributed by atoms with Gasteiger partial charge >= 0.3 is 0 Å². The second-order valence-electron chi connectivity index (χ2n) is 16.9. The number of aromatic nitrogens is 1. The standard InChI is InChI=1S/C50H63N/c1-9-19-36(4)33-39-29-31-43-42-25-15-16-26-45(42)51(47(43)35-39)46-27-18-24-40-30-28-38(34-44(40)46)21-17-20-37(5)50(8,32-10-2)48(49(6,7)11-3)41-22-13-12-14-23-41/h12-16,18,22-31,34-37,48H,9-11,17,19-21,32-33H2,1-8H3. The van der Waals surface area contributed by atoms with Gasteiger partial charge in [0.15, 0.2) is 0 Å². The number of fused-ring (bicyclic) bond motifs is 4. The highest BCUT2D eigenvalue weighted by Gasteiger charge is 2.45. The van der Waals surface area contributed by atoms with E-state index in [2.05, 4.69) is 169 Å². The maximum absolute atomic E-state index is 2.61. The van der Waals surface area contributed by atoms with E-state index in [1.165, 1.54) is 99.9 Å². The van der Waals surface area contributed by atoms with Gasteiger partial charge in [-0.05, 0) is 107 Å². The molecular formula is C50H63N. The van der Waals surface area contributed by atoms with Crippen molar-refractivity contribution in [2.75, 3.05) is 0 Å². The summed E-state index contributed by atoms with van der Waals surface area (Å²) in [5, 5.41) is 5.33. The Kier molecular flexibility index (Phi) is 11.5. The molecule has 6 rings (SSSR count). The van der Waals surface area contributed by atoms with Crippen LogP contribution in [0.3, 0.4) is 0 Å². The fourth-order valence-electron chi connectivity index (χ4n) is 9.78. The van der Waals surface area contributed by atoms with Crippen molar-refractivity contribution in [1.82, 2.24) is 4.57 Å². The molecule has 0 fully saturated rings. The Morgan fingerprint density at radius 1 is 0.627 bits per heavy atom. The van der Waals surface area contributed by atoms with Crippen LogP contribution in [0, 0.1) is 22.7 Å². The van der Waals surface area contributed by atoms with Gasteiger partial charge in [-0.2, -0.15) is 0 Å². The van der Waals surface area contributed by atoms with Crippen molar-refractivity contribution >= 4 is 32.6 Å². The SMILES string of the molecule is CCCC(C)Cc1ccc2c3ccccc3n(-c3cccc4ccc(CCCC(C)C(C)(CCC)C(c5ccccc5)C(C)(C)CC)cc34)c2c1. The molecule has 0 saturated heterocycles. The molecule has 0 radical (unpaired) electrons. The lowest BCUT2D eigenvalue weighted by molar-refractivity contribution is 0.0509. The Bertz CT molecular complexity index is 2040. The molecule has 0 aliphatic heterocycles. The average Bonchev–Trinajstić information content (AvgIpc) is 3.45. The molecule has 51 heavy (non-hydrogen) atoms. The third kappa shape index (κ3) is 7.55. The van der Waals surface area contributed by atoms with Crippen molar-refractivity contribution in [3.63, 3.8) is 0 Å². The number of nitrogens with zero attached hydrogens (tertiary/aromatic N) is 1. The van der Waals surface area contributed by atoms with E-state index in [9.17, 15) is 0 Å². The van der Waals surface area contributed by atoms with E-state index >= 15 is 0 Å². The molecule has 0 spiro atoms. The summed E-state index contributed by atoms with van der Waals surface area (Å²) in [6.45, 7) is 19.6. The lowest BCUT2D eigenvalue weighted by atomic mass is 9.54. The molecule has 0 aliphatic carbocycles. The summed E-state index contributed by atoms with van der Waals surface area (Å²) in [6.07, 6.45) is 10.9. The van der Waals surface area contributed by atoms with Crippen molar-refractivity contribution < 1.29 is 0 Å². The normalized spacial score (nSPS) is 15.3. The van der Waals surface area contributed by atoms with Gasteiger partial charge in [0.05, 0.1) is 16.7 Å². The van der Waals surface area contributed by atoms with E-state index < -0.39 is 0 Å². The fourth-order valence-corrected chi connectivity index (χ4v) is 9.78. The molecule has 4 atom stereocenters. The third-order valence-corrected chi connectivity index (χ3v) is 12.8. The Morgan fingerprint density at radius 2 is 1.35 bits per heavy atom. The van der Waals surface area contributed by atoms with Gasteiger partial charge in [0, 0.05) is 16.2 Å². The number of aryl methyl sites for hydroxylation is 1. The molecule has 0 aliphatic rings. The molecule has 0 bridgehead atoms. The van der Waals surface area contributed by atoms with Gasteiger partial charge in [-0.3, -0.25) is 0 Å². The number of rotatable bonds is 16. The molecule has 268 valence electrons. The van der Waals surface area contributed by atoms with Gasteiger partial charge in [-0.15, -0.1) is 0 Å². The van der Waals surface area contributed by atoms with E-state index in [0.29, 0.717) is 17.8 Å². The van der Waals surface area contributed by atoms with Gasteiger partial charge in [0.2, 0.25) is 0 Å². The quantitative estimate of drug-likeness (QED) is 0.0961. The molecule has 1 aromatic heterocycles. The molecule has 0 N–H and O–H groups in total. The summed E-state index contributed by atoms with van der Waals surface area (Å²) < 4.78 is 2.54. The molecule has 1 heterocycles. The minimum absolute atomic E-state index is 0.232. The summed E-state index contributed by atoms with van der Waals surface area (Å²) in [7, 11) is 0. The average molecular weight is 678 g/mol. The summed E-state index contributed by atoms with van der Waals surface area (Å²) in [6, 6.07) is 41.7. The van der Waals surface area contributed by atoms with Gasteiger partial charge in [0.1, 0.15) is 0 Å². The first-order chi connectivity index (χ1) is 24.6. The van der Waals surface area contributed by atoms with E-state index in [4.69, 9.17) is 0 Å². The Labute approximate surface area is 309 Å². The fraction of sp³-hybridized carbons (Fsp3) is 0.440. The highest BCUT2D eigenvalue weighted by atomic mass is 15.0. The second-order valence-corrected chi connectivity index (χ2v) is 16.9. The topological polar surface area (TPSA) is 4.93 Å². The predicted molar refractivity (Wildman–Crippen MR) is 224 cm³/mol. The van der Waals surface area contributed by atoms with Crippen LogP contribution in [-0.2, 0) is 12.8 Å². The third-order valence-electron chi connectivity index (χ3n) is 12.8. The van der Waals surface area contributed by atoms with Crippen molar-refractivity contribution in [3.8, 4) is 5.69 Å². The summed E-state index contributed by atoms with van der Waals surface area (Å²) in [5.41, 5.74) is 8.76. The van der Waals surface area contributed by atoms with Gasteiger partial charge in [0.25, 0.3) is 0 Å². The maximum atomic E-state index is 2.61. The lowest BCUT2D eigenvalue weighted by Gasteiger charge is -2.50. The molecular weight excluding hydrogens is 615 g/mol. The highest BCUT2D eigenvalue weighted by molar-refractivity contribution is 6.10. The number of hydrogen-bond acceptors (Lipinski definition) is 0. The maximum Gasteiger partial charge on any atom is 0.0544 e. The van der Waals surface area contributed by atoms with Crippen molar-refractivity contribution in [2.24, 2.45) is 22.7 Å². The molecule has 1 heteroatoms. The van der Waals surface area contributed by atoms with Crippen LogP contribution in [0.2, 0.25) is 0 Å². The van der Waals surface area contributed by atoms with E-state index in [1.807, 2.05) is 0 Å². The zero-order valence-corrected chi connectivity index (χ0v) is 32.9. The number of para-hydroxylation sites is 1. The predicted octanol–water partition coefficient (Wildman–Crippen LogP) is 14.9. The lowest BCUT2D eigenvalue weighted by Crippen LogP contribution is -2.40. The Balaban J connectivity index is 1.32. The van der Waals surface area contributed by atoms with Gasteiger partial charge in [-0.25, -0.2) is 0 Å². The Morgan fingerprint density at radius 3 is 2.10 bits per heavy atom. The summed E-state index contributed by atoms with van der Waals surface area (Å²) in [4.78, 5) is 0. The van der Waals surface area contributed by atoms with Crippen molar-refractivity contribution in [1.29, 1.82) is 0 Å². The molecule has 0 saturated carbocycles. The van der Waals surface area contributed by atoms with Crippen molar-refractivity contribution in [3.05, 3.63) is 126 Å². The first-order valence-electron chi connectivity index (χ1n) is 20.2. The summed E-state index contributed by atoms with van der Waals surface area (Å²) >= 11 is 0. The minimum atomic E-state index is 0.232. The second kappa shape index (κ2) is 15.8. The van der Waals surface area contributed by atoms with Crippen molar-refractivity contribution in [2.45, 2.75) is 119 Å². The Hall–Kier alpha value is -3.84. The zero-order chi connectivity index (χ0) is 36.2. The molecule has 1 nitrogen and oxygen atoms in total. The first-order valence-corrected chi connectivity index (χ1v) is 20.2. The van der Waals surface area contributed by atoms with E-state index in [-0.39, 0.29) is 10.8 Å². The van der Waals surface area contributed by atoms with Crippen LogP contribution >= 0.6 is 0 Å². The van der Waals surface area contributed by atoms with Crippen LogP contribution < -0.4 is 0 Å². The molecule has 6 aromatic rings. The van der Waals surface area contributed by atoms with E-state index in [0.717, 1.165) is 12.8 Å². The number of benzene rings is 5. The largest absolute Gasteiger partial charge is 0.309 e. The van der Waals surface area contributed by atoms with Crippen LogP contribution in [0.1, 0.15) is 123 Å². The molecule has 5 aromatic carbocycles. The van der Waals surface area contributed by atoms with Crippen LogP contribution in [0.5, 0.6) is 0 Å². The van der Waals surface area contributed by atoms with Gasteiger partial charge < -0.3 is 4.57 Å². The first kappa shape index (κ1) is 36.9. The molecule has 0 amide bonds. The van der Waals surface area contributed by atoms with E-state index in [1.54, 1.807) is 0 Å². The monoisotopic (exact) mass is 677 g/mol. The van der Waals surface area contributed by atoms with Crippen LogP contribution in [0.15, 0.2) is 109 Å². The molecule has 4 unspecified atom stereocenters. The summed E-state index contributed by atoms with van der Waals surface area (Å²) in [5.74, 6) is 1.84. The zero-order valence-electron chi connectivity index (χ0n) is 32.9. The van der Waals surface area contributed by atoms with Crippen LogP contribution in [-0.4, -0.2) is 4.57 Å². The number of hydrogen-bond donors (Lipinski definition) is 0. The van der Waals surface area contributed by atoms with Gasteiger partial charge in [-0.1, -0.05) is 166 Å².